The number of carbonyl (C=O) groups excluding carboxylic acids is 1. The molecule has 18 heavy (non-hydrogen) atoms. The second-order valence-corrected chi connectivity index (χ2v) is 4.57. The summed E-state index contributed by atoms with van der Waals surface area (Å²) in [4.78, 5) is 13.0. The molecule has 1 aliphatic rings. The number of hydrogen-bond donors (Lipinski definition) is 0. The first-order chi connectivity index (χ1) is 8.39. The Hall–Kier alpha value is -1.23. The van der Waals surface area contributed by atoms with E-state index >= 15 is 0 Å². The number of hydrogen-bond acceptors (Lipinski definition) is 1. The normalized spacial score (nSPS) is 17.1. The Balaban J connectivity index is 2.40. The molecule has 0 saturated carbocycles. The lowest BCUT2D eigenvalue weighted by Crippen LogP contribution is -2.35. The highest BCUT2D eigenvalue weighted by Crippen LogP contribution is 2.36. The van der Waals surface area contributed by atoms with Crippen LogP contribution in [0.15, 0.2) is 18.2 Å². The monoisotopic (exact) mass is 277 g/mol. The highest BCUT2D eigenvalue weighted by Gasteiger charge is 2.32. The third kappa shape index (κ3) is 2.61. The van der Waals surface area contributed by atoms with Crippen LogP contribution in [-0.4, -0.2) is 12.5 Å². The minimum Gasteiger partial charge on any atom is -0.311 e. The van der Waals surface area contributed by atoms with Gasteiger partial charge in [-0.2, -0.15) is 13.2 Å². The topological polar surface area (TPSA) is 20.3 Å². The average molecular weight is 278 g/mol. The van der Waals surface area contributed by atoms with Crippen molar-refractivity contribution in [1.82, 2.24) is 0 Å². The van der Waals surface area contributed by atoms with E-state index < -0.39 is 11.7 Å². The van der Waals surface area contributed by atoms with Gasteiger partial charge in [-0.05, 0) is 31.0 Å². The van der Waals surface area contributed by atoms with Crippen molar-refractivity contribution in [3.05, 3.63) is 28.8 Å². The van der Waals surface area contributed by atoms with Gasteiger partial charge in [-0.25, -0.2) is 0 Å². The minimum atomic E-state index is -4.43. The molecule has 0 atom stereocenters. The second kappa shape index (κ2) is 4.80. The lowest BCUT2D eigenvalue weighted by molar-refractivity contribution is -0.137. The summed E-state index contributed by atoms with van der Waals surface area (Å²) in [7, 11) is 0. The van der Waals surface area contributed by atoms with E-state index in [9.17, 15) is 18.0 Å². The quantitative estimate of drug-likeness (QED) is 0.763. The molecule has 0 N–H and O–H groups in total. The van der Waals surface area contributed by atoms with Gasteiger partial charge in [0.25, 0.3) is 0 Å². The van der Waals surface area contributed by atoms with E-state index in [0.717, 1.165) is 25.0 Å². The van der Waals surface area contributed by atoms with Gasteiger partial charge in [0, 0.05) is 13.0 Å². The van der Waals surface area contributed by atoms with Crippen molar-refractivity contribution in [2.75, 3.05) is 11.4 Å². The molecular formula is C12H11ClF3NO. The van der Waals surface area contributed by atoms with Crippen LogP contribution >= 0.6 is 11.6 Å². The first-order valence-electron chi connectivity index (χ1n) is 5.57. The van der Waals surface area contributed by atoms with Crippen LogP contribution in [0.1, 0.15) is 24.8 Å². The van der Waals surface area contributed by atoms with Crippen LogP contribution < -0.4 is 4.90 Å². The van der Waals surface area contributed by atoms with E-state index in [1.165, 1.54) is 11.0 Å². The Morgan fingerprint density at radius 1 is 1.22 bits per heavy atom. The fraction of sp³-hybridized carbons (Fsp3) is 0.417. The fourth-order valence-electron chi connectivity index (χ4n) is 1.96. The van der Waals surface area contributed by atoms with Crippen molar-refractivity contribution in [3.63, 3.8) is 0 Å². The minimum absolute atomic E-state index is 0.149. The number of benzene rings is 1. The Labute approximate surface area is 107 Å². The Kier molecular flexibility index (Phi) is 3.52. The molecule has 0 unspecified atom stereocenters. The van der Waals surface area contributed by atoms with E-state index in [2.05, 4.69) is 0 Å². The molecule has 2 nitrogen and oxygen atoms in total. The number of amides is 1. The Morgan fingerprint density at radius 2 is 1.94 bits per heavy atom. The molecule has 0 radical (unpaired) electrons. The van der Waals surface area contributed by atoms with E-state index in [-0.39, 0.29) is 16.6 Å². The van der Waals surface area contributed by atoms with Gasteiger partial charge >= 0.3 is 6.18 Å². The van der Waals surface area contributed by atoms with Crippen LogP contribution in [0.2, 0.25) is 5.02 Å². The Morgan fingerprint density at radius 3 is 2.56 bits per heavy atom. The molecule has 0 aliphatic carbocycles. The molecule has 1 amide bonds. The van der Waals surface area contributed by atoms with Crippen molar-refractivity contribution in [1.29, 1.82) is 0 Å². The SMILES string of the molecule is O=C1CCCCN1c1cc(C(F)(F)F)ccc1Cl. The molecule has 1 fully saturated rings. The van der Waals surface area contributed by atoms with Crippen molar-refractivity contribution in [2.45, 2.75) is 25.4 Å². The molecule has 0 aromatic heterocycles. The molecule has 1 aromatic carbocycles. The number of nitrogens with zero attached hydrogens (tertiary/aromatic N) is 1. The standard InChI is InChI=1S/C12H11ClF3NO/c13-9-5-4-8(12(14,15)16)7-10(9)17-6-2-1-3-11(17)18/h4-5,7H,1-3,6H2. The summed E-state index contributed by atoms with van der Waals surface area (Å²) in [5.41, 5.74) is -0.642. The molecule has 1 saturated heterocycles. The molecule has 2 rings (SSSR count). The summed E-state index contributed by atoms with van der Waals surface area (Å²) < 4.78 is 37.9. The number of halogens is 4. The van der Waals surface area contributed by atoms with Crippen molar-refractivity contribution >= 4 is 23.2 Å². The smallest absolute Gasteiger partial charge is 0.311 e. The zero-order valence-electron chi connectivity index (χ0n) is 9.43. The highest BCUT2D eigenvalue weighted by atomic mass is 35.5. The van der Waals surface area contributed by atoms with Crippen LogP contribution in [0, 0.1) is 0 Å². The zero-order valence-corrected chi connectivity index (χ0v) is 10.2. The molecule has 1 aromatic rings. The summed E-state index contributed by atoms with van der Waals surface area (Å²) in [6.07, 6.45) is -2.53. The van der Waals surface area contributed by atoms with Crippen LogP contribution in [0.25, 0.3) is 0 Å². The predicted octanol–water partition coefficient (Wildman–Crippen LogP) is 3.88. The zero-order chi connectivity index (χ0) is 13.3. The number of rotatable bonds is 1. The van der Waals surface area contributed by atoms with Crippen LogP contribution in [-0.2, 0) is 11.0 Å². The molecule has 0 bridgehead atoms. The summed E-state index contributed by atoms with van der Waals surface area (Å²) in [6, 6.07) is 3.04. The van der Waals surface area contributed by atoms with Gasteiger partial charge in [0.1, 0.15) is 0 Å². The summed E-state index contributed by atoms with van der Waals surface area (Å²) in [6.45, 7) is 0.417. The number of carbonyl (C=O) groups is 1. The molecule has 1 heterocycles. The Bertz CT molecular complexity index is 473. The van der Waals surface area contributed by atoms with E-state index in [4.69, 9.17) is 11.6 Å². The van der Waals surface area contributed by atoms with Gasteiger partial charge in [0.2, 0.25) is 5.91 Å². The first kappa shape index (κ1) is 13.2. The van der Waals surface area contributed by atoms with Crippen LogP contribution in [0.5, 0.6) is 0 Å². The van der Waals surface area contributed by atoms with Crippen LogP contribution in [0.4, 0.5) is 18.9 Å². The average Bonchev–Trinajstić information content (AvgIpc) is 2.29. The van der Waals surface area contributed by atoms with Crippen LogP contribution in [0.3, 0.4) is 0 Å². The van der Waals surface area contributed by atoms with E-state index in [1.54, 1.807) is 0 Å². The van der Waals surface area contributed by atoms with Gasteiger partial charge in [0.05, 0.1) is 16.3 Å². The summed E-state index contributed by atoms with van der Waals surface area (Å²) in [5, 5.41) is 0.165. The lowest BCUT2D eigenvalue weighted by Gasteiger charge is -2.28. The fourth-order valence-corrected chi connectivity index (χ4v) is 2.18. The molecule has 6 heteroatoms. The van der Waals surface area contributed by atoms with Gasteiger partial charge in [0.15, 0.2) is 0 Å². The van der Waals surface area contributed by atoms with E-state index in [0.29, 0.717) is 13.0 Å². The largest absolute Gasteiger partial charge is 0.416 e. The maximum atomic E-state index is 12.6. The van der Waals surface area contributed by atoms with Crippen molar-refractivity contribution in [2.24, 2.45) is 0 Å². The predicted molar refractivity (Wildman–Crippen MR) is 62.7 cm³/mol. The number of anilines is 1. The first-order valence-corrected chi connectivity index (χ1v) is 5.94. The maximum absolute atomic E-state index is 12.6. The van der Waals surface area contributed by atoms with Crippen molar-refractivity contribution < 1.29 is 18.0 Å². The van der Waals surface area contributed by atoms with Gasteiger partial charge < -0.3 is 4.90 Å². The van der Waals surface area contributed by atoms with Gasteiger partial charge in [-0.3, -0.25) is 4.79 Å². The number of piperidine rings is 1. The van der Waals surface area contributed by atoms with Gasteiger partial charge in [-0.15, -0.1) is 0 Å². The van der Waals surface area contributed by atoms with E-state index in [1.807, 2.05) is 0 Å². The second-order valence-electron chi connectivity index (χ2n) is 4.17. The molecular weight excluding hydrogens is 267 g/mol. The third-order valence-electron chi connectivity index (χ3n) is 2.89. The maximum Gasteiger partial charge on any atom is 0.416 e. The molecule has 0 spiro atoms. The lowest BCUT2D eigenvalue weighted by atomic mass is 10.1. The molecule has 1 aliphatic heterocycles. The van der Waals surface area contributed by atoms with Crippen molar-refractivity contribution in [3.8, 4) is 0 Å². The molecule has 98 valence electrons. The number of alkyl halides is 3. The third-order valence-corrected chi connectivity index (χ3v) is 3.21. The summed E-state index contributed by atoms with van der Waals surface area (Å²) >= 11 is 5.88. The van der Waals surface area contributed by atoms with Gasteiger partial charge in [-0.1, -0.05) is 11.6 Å². The summed E-state index contributed by atoms with van der Waals surface area (Å²) in [5.74, 6) is -0.178. The highest BCUT2D eigenvalue weighted by molar-refractivity contribution is 6.33.